The van der Waals surface area contributed by atoms with Crippen LogP contribution in [0, 0.1) is 6.92 Å². The second kappa shape index (κ2) is 7.75. The highest BCUT2D eigenvalue weighted by atomic mass is 32.2. The highest BCUT2D eigenvalue weighted by molar-refractivity contribution is 7.89. The van der Waals surface area contributed by atoms with Gasteiger partial charge in [-0.15, -0.1) is 11.3 Å². The van der Waals surface area contributed by atoms with Crippen molar-refractivity contribution in [2.24, 2.45) is 0 Å². The van der Waals surface area contributed by atoms with E-state index in [2.05, 4.69) is 21.8 Å². The van der Waals surface area contributed by atoms with Crippen molar-refractivity contribution in [2.75, 3.05) is 13.1 Å². The lowest BCUT2D eigenvalue weighted by atomic mass is 10.1. The largest absolute Gasteiger partial charge is 0.331 e. The van der Waals surface area contributed by atoms with Gasteiger partial charge in [0.25, 0.3) is 5.56 Å². The van der Waals surface area contributed by atoms with Gasteiger partial charge in [0.05, 0.1) is 18.8 Å². The van der Waals surface area contributed by atoms with Gasteiger partial charge >= 0.3 is 0 Å². The van der Waals surface area contributed by atoms with Crippen molar-refractivity contribution < 1.29 is 13.3 Å². The van der Waals surface area contributed by atoms with Crippen LogP contribution in [0.3, 0.4) is 0 Å². The number of thiazole rings is 1. The lowest BCUT2D eigenvalue weighted by Gasteiger charge is -2.29. The van der Waals surface area contributed by atoms with Gasteiger partial charge in [-0.2, -0.15) is 0 Å². The number of benzene rings is 1. The van der Waals surface area contributed by atoms with Gasteiger partial charge in [-0.3, -0.25) is 9.20 Å². The highest BCUT2D eigenvalue weighted by Gasteiger charge is 2.30. The SMILES string of the molecule is Cc1nc2sccn2c(=O)c1S(=O)(=O)NC1CC[NH+](Cc2ccccc2)CC1. The average molecular weight is 420 g/mol. The van der Waals surface area contributed by atoms with Crippen LogP contribution in [0.2, 0.25) is 0 Å². The summed E-state index contributed by atoms with van der Waals surface area (Å²) in [7, 11) is -3.92. The van der Waals surface area contributed by atoms with Crippen LogP contribution in [0.5, 0.6) is 0 Å². The monoisotopic (exact) mass is 419 g/mol. The Balaban J connectivity index is 1.46. The van der Waals surface area contributed by atoms with E-state index in [0.717, 1.165) is 32.5 Å². The minimum Gasteiger partial charge on any atom is -0.331 e. The van der Waals surface area contributed by atoms with Crippen LogP contribution in [0.15, 0.2) is 51.6 Å². The van der Waals surface area contributed by atoms with Crippen LogP contribution >= 0.6 is 11.3 Å². The van der Waals surface area contributed by atoms with Gasteiger partial charge in [0.15, 0.2) is 9.86 Å². The molecule has 9 heteroatoms. The highest BCUT2D eigenvalue weighted by Crippen LogP contribution is 2.14. The second-order valence-electron chi connectivity index (χ2n) is 7.20. The molecule has 0 amide bonds. The van der Waals surface area contributed by atoms with Gasteiger partial charge in [-0.05, 0) is 6.92 Å². The van der Waals surface area contributed by atoms with Crippen LogP contribution in [0.1, 0.15) is 24.1 Å². The zero-order chi connectivity index (χ0) is 19.7. The summed E-state index contributed by atoms with van der Waals surface area (Å²) >= 11 is 1.31. The maximum Gasteiger partial charge on any atom is 0.279 e. The smallest absolute Gasteiger partial charge is 0.279 e. The molecule has 0 radical (unpaired) electrons. The minimum atomic E-state index is -3.92. The van der Waals surface area contributed by atoms with Crippen LogP contribution < -0.4 is 15.2 Å². The molecule has 2 N–H and O–H groups in total. The van der Waals surface area contributed by atoms with Crippen molar-refractivity contribution in [2.45, 2.75) is 37.2 Å². The number of nitrogens with one attached hydrogen (secondary N) is 2. The fourth-order valence-electron chi connectivity index (χ4n) is 3.76. The Kier molecular flexibility index (Phi) is 5.33. The molecule has 0 spiro atoms. The molecule has 148 valence electrons. The number of rotatable bonds is 5. The first kappa shape index (κ1) is 19.3. The van der Waals surface area contributed by atoms with Crippen molar-refractivity contribution in [3.63, 3.8) is 0 Å². The van der Waals surface area contributed by atoms with Crippen LogP contribution in [-0.2, 0) is 16.6 Å². The van der Waals surface area contributed by atoms with Crippen LogP contribution in [-0.4, -0.2) is 36.9 Å². The second-order valence-corrected chi connectivity index (χ2v) is 9.72. The quantitative estimate of drug-likeness (QED) is 0.634. The van der Waals surface area contributed by atoms with Crippen molar-refractivity contribution in [3.05, 3.63) is 63.5 Å². The topological polar surface area (TPSA) is 85.0 Å². The molecule has 2 aromatic heterocycles. The molecule has 3 heterocycles. The number of likely N-dealkylation sites (tertiary alicyclic amines) is 1. The van der Waals surface area contributed by atoms with E-state index in [9.17, 15) is 13.2 Å². The number of hydrogen-bond acceptors (Lipinski definition) is 5. The van der Waals surface area contributed by atoms with E-state index in [1.54, 1.807) is 18.5 Å². The third-order valence-electron chi connectivity index (χ3n) is 5.17. The molecule has 1 aliphatic heterocycles. The molecular weight excluding hydrogens is 396 g/mol. The standard InChI is InChI=1S/C19H22N4O3S2/c1-14-17(18(24)23-11-12-27-19(23)20-14)28(25,26)21-16-7-9-22(10-8-16)13-15-5-3-2-4-6-15/h2-6,11-12,16,21H,7-10,13H2,1H3/p+1. The lowest BCUT2D eigenvalue weighted by molar-refractivity contribution is -0.918. The number of quaternary nitrogens is 1. The maximum atomic E-state index is 12.9. The third kappa shape index (κ3) is 3.88. The summed E-state index contributed by atoms with van der Waals surface area (Å²) in [5.74, 6) is 0. The zero-order valence-corrected chi connectivity index (χ0v) is 17.2. The summed E-state index contributed by atoms with van der Waals surface area (Å²) in [6.07, 6.45) is 3.05. The van der Waals surface area contributed by atoms with E-state index in [0.29, 0.717) is 4.96 Å². The molecule has 0 aliphatic carbocycles. The normalized spacial score (nSPS) is 20.5. The molecule has 0 unspecified atom stereocenters. The number of aromatic nitrogens is 2. The molecule has 0 bridgehead atoms. The molecule has 3 aromatic rings. The number of piperidine rings is 1. The lowest BCUT2D eigenvalue weighted by Crippen LogP contribution is -3.12. The number of sulfonamides is 1. The summed E-state index contributed by atoms with van der Waals surface area (Å²) < 4.78 is 29.9. The molecule has 28 heavy (non-hydrogen) atoms. The van der Waals surface area contributed by atoms with E-state index < -0.39 is 15.6 Å². The molecule has 1 fully saturated rings. The van der Waals surface area contributed by atoms with Crippen molar-refractivity contribution in [3.8, 4) is 0 Å². The van der Waals surface area contributed by atoms with Gasteiger partial charge in [0.1, 0.15) is 6.54 Å². The Hall–Kier alpha value is -2.07. The summed E-state index contributed by atoms with van der Waals surface area (Å²) in [5, 5.41) is 1.72. The summed E-state index contributed by atoms with van der Waals surface area (Å²) in [6.45, 7) is 4.30. The number of hydrogen-bond donors (Lipinski definition) is 2. The fraction of sp³-hybridized carbons (Fsp3) is 0.368. The predicted molar refractivity (Wildman–Crippen MR) is 108 cm³/mol. The summed E-state index contributed by atoms with van der Waals surface area (Å²) in [6, 6.07) is 10.2. The van der Waals surface area contributed by atoms with Crippen molar-refractivity contribution >= 4 is 26.3 Å². The molecule has 1 saturated heterocycles. The molecule has 1 aliphatic rings. The Morgan fingerprint density at radius 3 is 2.68 bits per heavy atom. The van der Waals surface area contributed by atoms with Crippen molar-refractivity contribution in [1.82, 2.24) is 14.1 Å². The Labute approximate surface area is 167 Å². The minimum absolute atomic E-state index is 0.161. The van der Waals surface area contributed by atoms with Gasteiger partial charge in [0, 0.05) is 36.0 Å². The van der Waals surface area contributed by atoms with Crippen molar-refractivity contribution in [1.29, 1.82) is 0 Å². The van der Waals surface area contributed by atoms with Gasteiger partial charge in [-0.1, -0.05) is 30.3 Å². The molecular formula is C19H23N4O3S2+. The van der Waals surface area contributed by atoms with E-state index in [4.69, 9.17) is 0 Å². The predicted octanol–water partition coefficient (Wildman–Crippen LogP) is 0.590. The molecule has 4 rings (SSSR count). The number of nitrogens with zero attached hydrogens (tertiary/aromatic N) is 2. The van der Waals surface area contributed by atoms with Gasteiger partial charge in [-0.25, -0.2) is 18.1 Å². The first-order valence-electron chi connectivity index (χ1n) is 9.30. The zero-order valence-electron chi connectivity index (χ0n) is 15.6. The molecule has 0 atom stereocenters. The maximum absolute atomic E-state index is 12.9. The summed E-state index contributed by atoms with van der Waals surface area (Å²) in [4.78, 5) is 18.6. The first-order valence-corrected chi connectivity index (χ1v) is 11.7. The van der Waals surface area contributed by atoms with E-state index in [1.165, 1.54) is 26.2 Å². The molecule has 0 saturated carbocycles. The van der Waals surface area contributed by atoms with E-state index >= 15 is 0 Å². The molecule has 1 aromatic carbocycles. The van der Waals surface area contributed by atoms with E-state index in [-0.39, 0.29) is 16.6 Å². The van der Waals surface area contributed by atoms with Gasteiger partial charge in [0.2, 0.25) is 10.0 Å². The first-order chi connectivity index (χ1) is 13.4. The third-order valence-corrected chi connectivity index (χ3v) is 7.58. The van der Waals surface area contributed by atoms with Crippen LogP contribution in [0.4, 0.5) is 0 Å². The average Bonchev–Trinajstić information content (AvgIpc) is 3.12. The number of fused-ring (bicyclic) bond motifs is 1. The van der Waals surface area contributed by atoms with Crippen LogP contribution in [0.25, 0.3) is 4.96 Å². The summed E-state index contributed by atoms with van der Waals surface area (Å²) in [5.41, 5.74) is 0.991. The Bertz CT molecular complexity index is 1130. The Morgan fingerprint density at radius 1 is 1.25 bits per heavy atom. The molecule has 7 nitrogen and oxygen atoms in total. The fourth-order valence-corrected chi connectivity index (χ4v) is 6.07. The number of aryl methyl sites for hydroxylation is 1. The van der Waals surface area contributed by atoms with Gasteiger partial charge < -0.3 is 4.90 Å². The van der Waals surface area contributed by atoms with E-state index in [1.807, 2.05) is 18.2 Å². The Morgan fingerprint density at radius 2 is 1.96 bits per heavy atom.